The summed E-state index contributed by atoms with van der Waals surface area (Å²) in [6, 6.07) is 22.2. The van der Waals surface area contributed by atoms with Crippen LogP contribution in [0.4, 0.5) is 4.79 Å². The van der Waals surface area contributed by atoms with Gasteiger partial charge in [0.1, 0.15) is 28.5 Å². The summed E-state index contributed by atoms with van der Waals surface area (Å²) >= 11 is 0. The molecule has 0 aliphatic carbocycles. The van der Waals surface area contributed by atoms with Gasteiger partial charge in [0.25, 0.3) is 0 Å². The number of carbonyl (C=O) groups excluding carboxylic acids is 2. The number of ketones is 1. The number of nitrogens with zero attached hydrogens (tertiary/aromatic N) is 1. The van der Waals surface area contributed by atoms with Crippen LogP contribution < -0.4 is 4.74 Å². The first-order chi connectivity index (χ1) is 15.2. The zero-order valence-electron chi connectivity index (χ0n) is 18.0. The van der Waals surface area contributed by atoms with E-state index >= 15 is 0 Å². The average molecular weight is 429 g/mol. The van der Waals surface area contributed by atoms with E-state index in [0.717, 1.165) is 0 Å². The zero-order chi connectivity index (χ0) is 22.9. The highest BCUT2D eigenvalue weighted by atomic mass is 16.6. The summed E-state index contributed by atoms with van der Waals surface area (Å²) in [4.78, 5) is 26.3. The van der Waals surface area contributed by atoms with Crippen LogP contribution in [-0.4, -0.2) is 27.2 Å². The lowest BCUT2D eigenvalue weighted by molar-refractivity contribution is 0.0536. The number of para-hydroxylation sites is 1. The van der Waals surface area contributed by atoms with Crippen LogP contribution in [0.25, 0.3) is 10.9 Å². The Kier molecular flexibility index (Phi) is 5.45. The van der Waals surface area contributed by atoms with Crippen molar-refractivity contribution >= 4 is 22.8 Å². The molecule has 0 spiro atoms. The summed E-state index contributed by atoms with van der Waals surface area (Å²) in [6.45, 7) is 5.28. The largest absolute Gasteiger partial charge is 0.508 e. The van der Waals surface area contributed by atoms with Gasteiger partial charge in [-0.2, -0.15) is 0 Å². The number of benzene rings is 3. The standard InChI is InChI=1S/C26H23NO5/c1-26(2,3)32-25(30)27-22-14-11-19(28)15-18(22)16-23(27)24(29)17-9-12-21(13-10-17)31-20-7-5-4-6-8-20/h4-16,28H,1-3H3. The molecule has 0 fully saturated rings. The van der Waals surface area contributed by atoms with Crippen molar-refractivity contribution in [2.45, 2.75) is 26.4 Å². The molecule has 1 aromatic heterocycles. The van der Waals surface area contributed by atoms with E-state index in [1.807, 2.05) is 30.3 Å². The Hall–Kier alpha value is -4.06. The Bertz CT molecular complexity index is 1280. The van der Waals surface area contributed by atoms with Gasteiger partial charge in [0, 0.05) is 10.9 Å². The van der Waals surface area contributed by atoms with E-state index in [4.69, 9.17) is 9.47 Å². The van der Waals surface area contributed by atoms with Crippen molar-refractivity contribution in [1.82, 2.24) is 4.57 Å². The predicted octanol–water partition coefficient (Wildman–Crippen LogP) is 6.15. The molecule has 0 atom stereocenters. The van der Waals surface area contributed by atoms with Crippen LogP contribution in [0, 0.1) is 0 Å². The van der Waals surface area contributed by atoms with Gasteiger partial charge in [0.05, 0.1) is 5.52 Å². The van der Waals surface area contributed by atoms with Gasteiger partial charge < -0.3 is 14.6 Å². The van der Waals surface area contributed by atoms with Crippen molar-refractivity contribution in [3.63, 3.8) is 0 Å². The summed E-state index contributed by atoms with van der Waals surface area (Å²) in [6.07, 6.45) is -0.662. The minimum Gasteiger partial charge on any atom is -0.508 e. The third kappa shape index (κ3) is 4.49. The van der Waals surface area contributed by atoms with E-state index in [-0.39, 0.29) is 17.2 Å². The third-order valence-corrected chi connectivity index (χ3v) is 4.69. The maximum Gasteiger partial charge on any atom is 0.419 e. The van der Waals surface area contributed by atoms with Crippen molar-refractivity contribution in [1.29, 1.82) is 0 Å². The van der Waals surface area contributed by atoms with Crippen molar-refractivity contribution in [2.75, 3.05) is 0 Å². The first-order valence-electron chi connectivity index (χ1n) is 10.2. The molecule has 0 saturated heterocycles. The molecule has 0 bridgehead atoms. The molecule has 0 amide bonds. The number of aromatic hydroxyl groups is 1. The number of phenolic OH excluding ortho intramolecular Hbond substituents is 1. The lowest BCUT2D eigenvalue weighted by Gasteiger charge is -2.20. The van der Waals surface area contributed by atoms with E-state index in [2.05, 4.69) is 0 Å². The van der Waals surface area contributed by atoms with Crippen LogP contribution in [0.15, 0.2) is 78.9 Å². The number of carbonyl (C=O) groups is 2. The number of aromatic nitrogens is 1. The molecule has 0 unspecified atom stereocenters. The second-order valence-corrected chi connectivity index (χ2v) is 8.36. The monoisotopic (exact) mass is 429 g/mol. The normalized spacial score (nSPS) is 11.3. The third-order valence-electron chi connectivity index (χ3n) is 4.69. The number of ether oxygens (including phenoxy) is 2. The molecule has 0 aliphatic rings. The van der Waals surface area contributed by atoms with Crippen molar-refractivity contribution < 1.29 is 24.2 Å². The molecule has 32 heavy (non-hydrogen) atoms. The maximum atomic E-state index is 13.3. The molecule has 1 N–H and O–H groups in total. The number of phenols is 1. The highest BCUT2D eigenvalue weighted by molar-refractivity contribution is 6.13. The zero-order valence-corrected chi connectivity index (χ0v) is 18.0. The minimum absolute atomic E-state index is 0.0419. The van der Waals surface area contributed by atoms with E-state index in [9.17, 15) is 14.7 Å². The molecule has 4 aromatic rings. The maximum absolute atomic E-state index is 13.3. The van der Waals surface area contributed by atoms with Gasteiger partial charge in [-0.05, 0) is 81.4 Å². The molecule has 1 heterocycles. The fraction of sp³-hybridized carbons (Fsp3) is 0.154. The predicted molar refractivity (Wildman–Crippen MR) is 122 cm³/mol. The summed E-state index contributed by atoms with van der Waals surface area (Å²) in [5, 5.41) is 10.4. The van der Waals surface area contributed by atoms with Crippen LogP contribution in [-0.2, 0) is 4.74 Å². The average Bonchev–Trinajstić information content (AvgIpc) is 3.12. The van der Waals surface area contributed by atoms with Gasteiger partial charge in [0.2, 0.25) is 5.78 Å². The second kappa shape index (κ2) is 8.23. The van der Waals surface area contributed by atoms with E-state index in [1.54, 1.807) is 57.2 Å². The molecule has 0 saturated carbocycles. The van der Waals surface area contributed by atoms with Gasteiger partial charge in [-0.1, -0.05) is 18.2 Å². The fourth-order valence-corrected chi connectivity index (χ4v) is 3.32. The van der Waals surface area contributed by atoms with Gasteiger partial charge in [-0.25, -0.2) is 9.36 Å². The van der Waals surface area contributed by atoms with Crippen molar-refractivity contribution in [3.8, 4) is 17.2 Å². The lowest BCUT2D eigenvalue weighted by Crippen LogP contribution is -2.28. The highest BCUT2D eigenvalue weighted by Crippen LogP contribution is 2.28. The summed E-state index contributed by atoms with van der Waals surface area (Å²) < 4.78 is 12.5. The van der Waals surface area contributed by atoms with Crippen LogP contribution in [0.5, 0.6) is 17.2 Å². The molecule has 0 aliphatic heterocycles. The fourth-order valence-electron chi connectivity index (χ4n) is 3.32. The van der Waals surface area contributed by atoms with E-state index < -0.39 is 11.7 Å². The van der Waals surface area contributed by atoms with Gasteiger partial charge in [-0.15, -0.1) is 0 Å². The number of hydrogen-bond acceptors (Lipinski definition) is 5. The Labute approximate surface area is 185 Å². The second-order valence-electron chi connectivity index (χ2n) is 8.36. The van der Waals surface area contributed by atoms with Gasteiger partial charge >= 0.3 is 6.09 Å². The SMILES string of the molecule is CC(C)(C)OC(=O)n1c(C(=O)c2ccc(Oc3ccccc3)cc2)cc2cc(O)ccc21. The highest BCUT2D eigenvalue weighted by Gasteiger charge is 2.26. The molecular formula is C26H23NO5. The number of hydrogen-bond donors (Lipinski definition) is 1. The number of fused-ring (bicyclic) bond motifs is 1. The van der Waals surface area contributed by atoms with Gasteiger partial charge in [0.15, 0.2) is 0 Å². The summed E-state index contributed by atoms with van der Waals surface area (Å²) in [5.41, 5.74) is 0.282. The first kappa shape index (κ1) is 21.2. The smallest absolute Gasteiger partial charge is 0.419 e. The van der Waals surface area contributed by atoms with E-state index in [0.29, 0.717) is 28.0 Å². The molecule has 6 heteroatoms. The topological polar surface area (TPSA) is 77.8 Å². The molecule has 6 nitrogen and oxygen atoms in total. The Morgan fingerprint density at radius 1 is 0.844 bits per heavy atom. The van der Waals surface area contributed by atoms with Gasteiger partial charge in [-0.3, -0.25) is 4.79 Å². The first-order valence-corrected chi connectivity index (χ1v) is 10.2. The minimum atomic E-state index is -0.735. The summed E-state index contributed by atoms with van der Waals surface area (Å²) in [7, 11) is 0. The van der Waals surface area contributed by atoms with Crippen molar-refractivity contribution in [2.24, 2.45) is 0 Å². The van der Waals surface area contributed by atoms with Crippen LogP contribution >= 0.6 is 0 Å². The van der Waals surface area contributed by atoms with Crippen LogP contribution in [0.1, 0.15) is 36.8 Å². The Morgan fingerprint density at radius 2 is 1.50 bits per heavy atom. The van der Waals surface area contributed by atoms with Crippen molar-refractivity contribution in [3.05, 3.63) is 90.1 Å². The number of rotatable bonds is 4. The quantitative estimate of drug-likeness (QED) is 0.394. The molecule has 162 valence electrons. The lowest BCUT2D eigenvalue weighted by atomic mass is 10.1. The molecule has 4 rings (SSSR count). The molecular weight excluding hydrogens is 406 g/mol. The summed E-state index contributed by atoms with van der Waals surface area (Å²) in [5.74, 6) is 0.972. The Morgan fingerprint density at radius 3 is 2.16 bits per heavy atom. The van der Waals surface area contributed by atoms with Crippen LogP contribution in [0.2, 0.25) is 0 Å². The Balaban J connectivity index is 1.70. The van der Waals surface area contributed by atoms with Crippen LogP contribution in [0.3, 0.4) is 0 Å². The van der Waals surface area contributed by atoms with E-state index in [1.165, 1.54) is 16.7 Å². The molecule has 3 aromatic carbocycles. The molecule has 0 radical (unpaired) electrons.